The Hall–Kier alpha value is -3.06. The van der Waals surface area contributed by atoms with Crippen LogP contribution in [0.5, 0.6) is 0 Å². The van der Waals surface area contributed by atoms with Crippen LogP contribution in [0.15, 0.2) is 60.7 Å². The van der Waals surface area contributed by atoms with E-state index in [2.05, 4.69) is 20.8 Å². The van der Waals surface area contributed by atoms with E-state index in [-0.39, 0.29) is 23.7 Å². The van der Waals surface area contributed by atoms with Crippen molar-refractivity contribution in [1.82, 2.24) is 15.5 Å². The van der Waals surface area contributed by atoms with Crippen molar-refractivity contribution >= 4 is 28.3 Å². The van der Waals surface area contributed by atoms with Gasteiger partial charge in [-0.15, -0.1) is 10.2 Å². The minimum atomic E-state index is -0.645. The van der Waals surface area contributed by atoms with E-state index >= 15 is 0 Å². The van der Waals surface area contributed by atoms with Crippen molar-refractivity contribution in [3.63, 3.8) is 0 Å². The van der Waals surface area contributed by atoms with Crippen LogP contribution in [0, 0.1) is 5.92 Å². The molecule has 3 aromatic rings. The predicted molar refractivity (Wildman–Crippen MR) is 109 cm³/mol. The Morgan fingerprint density at radius 3 is 2.43 bits per heavy atom. The van der Waals surface area contributed by atoms with Crippen molar-refractivity contribution in [2.75, 3.05) is 5.32 Å². The Morgan fingerprint density at radius 1 is 1.04 bits per heavy atom. The molecule has 6 nitrogen and oxygen atoms in total. The molecule has 28 heavy (non-hydrogen) atoms. The van der Waals surface area contributed by atoms with E-state index in [0.29, 0.717) is 5.13 Å². The van der Waals surface area contributed by atoms with Crippen LogP contribution in [-0.2, 0) is 9.59 Å². The summed E-state index contributed by atoms with van der Waals surface area (Å²) in [5.74, 6) is -0.211. The van der Waals surface area contributed by atoms with Gasteiger partial charge in [-0.25, -0.2) is 0 Å². The lowest BCUT2D eigenvalue weighted by atomic mass is 10.1. The number of carbonyl (C=O) groups excluding carboxylic acids is 2. The van der Waals surface area contributed by atoms with E-state index < -0.39 is 6.04 Å². The predicted octanol–water partition coefficient (Wildman–Crippen LogP) is 3.45. The van der Waals surface area contributed by atoms with Crippen molar-refractivity contribution in [3.8, 4) is 10.6 Å². The average molecular weight is 392 g/mol. The molecule has 7 heteroatoms. The molecule has 1 saturated carbocycles. The maximum Gasteiger partial charge on any atom is 0.248 e. The zero-order valence-corrected chi connectivity index (χ0v) is 16.1. The Morgan fingerprint density at radius 2 is 1.71 bits per heavy atom. The minimum absolute atomic E-state index is 0.0659. The van der Waals surface area contributed by atoms with Crippen molar-refractivity contribution < 1.29 is 9.59 Å². The summed E-state index contributed by atoms with van der Waals surface area (Å²) in [6, 6.07) is 19.0. The number of amides is 2. The highest BCUT2D eigenvalue weighted by molar-refractivity contribution is 7.18. The molecule has 2 amide bonds. The lowest BCUT2D eigenvalue weighted by Crippen LogP contribution is -2.42. The summed E-state index contributed by atoms with van der Waals surface area (Å²) in [5.41, 5.74) is 2.12. The number of aromatic nitrogens is 2. The number of rotatable bonds is 6. The Labute approximate surface area is 167 Å². The zero-order valence-electron chi connectivity index (χ0n) is 15.3. The summed E-state index contributed by atoms with van der Waals surface area (Å²) in [4.78, 5) is 24.8. The molecule has 1 heterocycles. The summed E-state index contributed by atoms with van der Waals surface area (Å²) >= 11 is 1.30. The second kappa shape index (κ2) is 7.90. The van der Waals surface area contributed by atoms with Crippen LogP contribution in [0.2, 0.25) is 0 Å². The molecule has 0 saturated heterocycles. The number of carbonyl (C=O) groups is 2. The van der Waals surface area contributed by atoms with Gasteiger partial charge in [-0.05, 0) is 24.8 Å². The molecule has 0 unspecified atom stereocenters. The number of hydrogen-bond donors (Lipinski definition) is 2. The molecule has 1 aliphatic carbocycles. The third-order valence-electron chi connectivity index (χ3n) is 4.78. The molecule has 3 atom stereocenters. The highest BCUT2D eigenvalue weighted by Gasteiger charge is 2.44. The smallest absolute Gasteiger partial charge is 0.248 e. The van der Waals surface area contributed by atoms with Crippen LogP contribution in [0.4, 0.5) is 5.13 Å². The molecule has 4 rings (SSSR count). The normalized spacial score (nSPS) is 18.9. The third-order valence-corrected chi connectivity index (χ3v) is 5.67. The molecule has 0 spiro atoms. The van der Waals surface area contributed by atoms with E-state index in [0.717, 1.165) is 17.0 Å². The monoisotopic (exact) mass is 392 g/mol. The Balaban J connectivity index is 1.31. The number of hydrogen-bond acceptors (Lipinski definition) is 5. The number of benzene rings is 2. The molecule has 2 N–H and O–H groups in total. The van der Waals surface area contributed by atoms with Crippen molar-refractivity contribution in [2.24, 2.45) is 5.92 Å². The Kier molecular flexibility index (Phi) is 5.16. The fourth-order valence-corrected chi connectivity index (χ4v) is 3.88. The summed E-state index contributed by atoms with van der Waals surface area (Å²) < 4.78 is 0. The average Bonchev–Trinajstić information content (AvgIpc) is 3.41. The molecule has 1 fully saturated rings. The maximum absolute atomic E-state index is 12.4. The van der Waals surface area contributed by atoms with Gasteiger partial charge < -0.3 is 5.32 Å². The SMILES string of the molecule is C[C@H](NC(=O)[C@@H]1C[C@H]1c1ccccc1)C(=O)Nc1nnc(-c2ccccc2)s1. The molecular weight excluding hydrogens is 372 g/mol. The molecule has 0 bridgehead atoms. The molecule has 0 aliphatic heterocycles. The van der Waals surface area contributed by atoms with Gasteiger partial charge in [0.05, 0.1) is 0 Å². The van der Waals surface area contributed by atoms with Gasteiger partial charge >= 0.3 is 0 Å². The molecule has 2 aromatic carbocycles. The highest BCUT2D eigenvalue weighted by atomic mass is 32.1. The van der Waals surface area contributed by atoms with E-state index in [4.69, 9.17) is 0 Å². The molecule has 142 valence electrons. The topological polar surface area (TPSA) is 84.0 Å². The summed E-state index contributed by atoms with van der Waals surface area (Å²) in [6.07, 6.45) is 0.820. The fourth-order valence-electron chi connectivity index (χ4n) is 3.12. The minimum Gasteiger partial charge on any atom is -0.344 e. The van der Waals surface area contributed by atoms with Gasteiger partial charge in [0.25, 0.3) is 0 Å². The third kappa shape index (κ3) is 4.09. The first-order chi connectivity index (χ1) is 13.6. The molecule has 1 aromatic heterocycles. The Bertz CT molecular complexity index is 974. The number of anilines is 1. The van der Waals surface area contributed by atoms with Crippen molar-refractivity contribution in [3.05, 3.63) is 66.2 Å². The lowest BCUT2D eigenvalue weighted by Gasteiger charge is -2.12. The van der Waals surface area contributed by atoms with E-state index in [1.165, 1.54) is 16.9 Å². The van der Waals surface area contributed by atoms with E-state index in [9.17, 15) is 9.59 Å². The first-order valence-electron chi connectivity index (χ1n) is 9.17. The van der Waals surface area contributed by atoms with Crippen LogP contribution in [0.25, 0.3) is 10.6 Å². The zero-order chi connectivity index (χ0) is 19.5. The molecular formula is C21H20N4O2S. The van der Waals surface area contributed by atoms with Crippen LogP contribution in [0.1, 0.15) is 24.8 Å². The van der Waals surface area contributed by atoms with Gasteiger partial charge in [0.1, 0.15) is 11.0 Å². The van der Waals surface area contributed by atoms with Crippen LogP contribution in [0.3, 0.4) is 0 Å². The fraction of sp³-hybridized carbons (Fsp3) is 0.238. The summed E-state index contributed by atoms with van der Waals surface area (Å²) in [7, 11) is 0. The van der Waals surface area contributed by atoms with Gasteiger partial charge in [0.2, 0.25) is 16.9 Å². The second-order valence-corrected chi connectivity index (χ2v) is 7.83. The lowest BCUT2D eigenvalue weighted by molar-refractivity contribution is -0.127. The van der Waals surface area contributed by atoms with Gasteiger partial charge in [0.15, 0.2) is 0 Å². The van der Waals surface area contributed by atoms with Gasteiger partial charge in [-0.2, -0.15) is 0 Å². The second-order valence-electron chi connectivity index (χ2n) is 6.86. The largest absolute Gasteiger partial charge is 0.344 e. The van der Waals surface area contributed by atoms with Crippen LogP contribution in [-0.4, -0.2) is 28.1 Å². The maximum atomic E-state index is 12.4. The van der Waals surface area contributed by atoms with E-state index in [1.54, 1.807) is 6.92 Å². The van der Waals surface area contributed by atoms with Crippen molar-refractivity contribution in [2.45, 2.75) is 25.3 Å². The standard InChI is InChI=1S/C21H20N4O2S/c1-13(22-19(27)17-12-16(17)14-8-4-2-5-9-14)18(26)23-21-25-24-20(28-21)15-10-6-3-7-11-15/h2-11,13,16-17H,12H2,1H3,(H,22,27)(H,23,25,26)/t13-,16-,17+/m0/s1. The van der Waals surface area contributed by atoms with Crippen LogP contribution < -0.4 is 10.6 Å². The van der Waals surface area contributed by atoms with Gasteiger partial charge in [-0.1, -0.05) is 72.0 Å². The first-order valence-corrected chi connectivity index (χ1v) is 9.98. The first kappa shape index (κ1) is 18.3. The summed E-state index contributed by atoms with van der Waals surface area (Å²) in [5, 5.41) is 14.8. The summed E-state index contributed by atoms with van der Waals surface area (Å²) in [6.45, 7) is 1.67. The van der Waals surface area contributed by atoms with E-state index in [1.807, 2.05) is 60.7 Å². The van der Waals surface area contributed by atoms with Crippen LogP contribution >= 0.6 is 11.3 Å². The molecule has 0 radical (unpaired) electrons. The molecule has 1 aliphatic rings. The van der Waals surface area contributed by atoms with Crippen molar-refractivity contribution in [1.29, 1.82) is 0 Å². The van der Waals surface area contributed by atoms with Gasteiger partial charge in [0, 0.05) is 11.5 Å². The quantitative estimate of drug-likeness (QED) is 0.673. The number of nitrogens with zero attached hydrogens (tertiary/aromatic N) is 2. The number of nitrogens with one attached hydrogen (secondary N) is 2. The highest BCUT2D eigenvalue weighted by Crippen LogP contribution is 2.47. The van der Waals surface area contributed by atoms with Gasteiger partial charge in [-0.3, -0.25) is 14.9 Å².